The van der Waals surface area contributed by atoms with Crippen LogP contribution in [0.1, 0.15) is 5.56 Å². The second-order valence-electron chi connectivity index (χ2n) is 3.89. The van der Waals surface area contributed by atoms with Crippen LogP contribution < -0.4 is 10.6 Å². The average Bonchev–Trinajstić information content (AvgIpc) is 2.43. The first-order valence-corrected chi connectivity index (χ1v) is 6.86. The van der Waals surface area contributed by atoms with Gasteiger partial charge in [0.25, 0.3) is 0 Å². The summed E-state index contributed by atoms with van der Waals surface area (Å²) >= 11 is 17.2. The quantitative estimate of drug-likeness (QED) is 0.817. The van der Waals surface area contributed by atoms with Crippen LogP contribution in [0.25, 0.3) is 0 Å². The molecule has 0 saturated heterocycles. The van der Waals surface area contributed by atoms with Gasteiger partial charge < -0.3 is 10.6 Å². The monoisotopic (exact) mass is 310 g/mol. The van der Waals surface area contributed by atoms with Crippen molar-refractivity contribution in [2.75, 3.05) is 5.32 Å². The summed E-state index contributed by atoms with van der Waals surface area (Å²) in [6.45, 7) is 0.658. The molecule has 0 bridgehead atoms. The number of benzene rings is 2. The van der Waals surface area contributed by atoms with E-state index in [2.05, 4.69) is 10.6 Å². The molecule has 0 aliphatic rings. The molecule has 0 heterocycles. The Morgan fingerprint density at radius 3 is 2.47 bits per heavy atom. The second-order valence-corrected chi connectivity index (χ2v) is 5.09. The molecule has 19 heavy (non-hydrogen) atoms. The van der Waals surface area contributed by atoms with E-state index >= 15 is 0 Å². The number of rotatable bonds is 3. The van der Waals surface area contributed by atoms with Crippen LogP contribution in [-0.2, 0) is 6.54 Å². The van der Waals surface area contributed by atoms with Crippen LogP contribution in [0.5, 0.6) is 0 Å². The lowest BCUT2D eigenvalue weighted by Gasteiger charge is -2.12. The number of halogens is 2. The fourth-order valence-corrected chi connectivity index (χ4v) is 2.07. The van der Waals surface area contributed by atoms with E-state index in [1.165, 1.54) is 0 Å². The van der Waals surface area contributed by atoms with Crippen molar-refractivity contribution in [1.82, 2.24) is 5.32 Å². The van der Waals surface area contributed by atoms with Gasteiger partial charge in [0.05, 0.1) is 15.7 Å². The largest absolute Gasteiger partial charge is 0.358 e. The Morgan fingerprint density at radius 2 is 1.74 bits per heavy atom. The lowest BCUT2D eigenvalue weighted by Crippen LogP contribution is -2.27. The first-order valence-electron chi connectivity index (χ1n) is 5.69. The van der Waals surface area contributed by atoms with Gasteiger partial charge in [0.1, 0.15) is 0 Å². The molecule has 2 nitrogen and oxygen atoms in total. The zero-order chi connectivity index (χ0) is 13.7. The predicted molar refractivity (Wildman–Crippen MR) is 86.0 cm³/mol. The fraction of sp³-hybridized carbons (Fsp3) is 0.0714. The minimum absolute atomic E-state index is 0.466. The van der Waals surface area contributed by atoms with E-state index < -0.39 is 0 Å². The first kappa shape index (κ1) is 14.1. The van der Waals surface area contributed by atoms with Gasteiger partial charge >= 0.3 is 0 Å². The Labute approximate surface area is 127 Å². The fourth-order valence-electron chi connectivity index (χ4n) is 1.55. The lowest BCUT2D eigenvalue weighted by molar-refractivity contribution is 0.926. The van der Waals surface area contributed by atoms with E-state index in [4.69, 9.17) is 35.4 Å². The maximum atomic E-state index is 6.07. The van der Waals surface area contributed by atoms with Crippen molar-refractivity contribution in [3.05, 3.63) is 64.1 Å². The highest BCUT2D eigenvalue weighted by Crippen LogP contribution is 2.29. The van der Waals surface area contributed by atoms with Crippen LogP contribution in [0.3, 0.4) is 0 Å². The van der Waals surface area contributed by atoms with Gasteiger partial charge in [0.2, 0.25) is 0 Å². The summed E-state index contributed by atoms with van der Waals surface area (Å²) in [4.78, 5) is 0. The third-order valence-corrected chi connectivity index (χ3v) is 3.56. The third kappa shape index (κ3) is 4.10. The summed E-state index contributed by atoms with van der Waals surface area (Å²) in [7, 11) is 0. The molecule has 0 aromatic heterocycles. The van der Waals surface area contributed by atoms with Crippen LogP contribution in [0.2, 0.25) is 10.0 Å². The van der Waals surface area contributed by atoms with Gasteiger partial charge in [0.15, 0.2) is 5.11 Å². The summed E-state index contributed by atoms with van der Waals surface area (Å²) in [5.74, 6) is 0. The number of thiocarbonyl (C=S) groups is 1. The topological polar surface area (TPSA) is 24.1 Å². The molecule has 0 aliphatic carbocycles. The van der Waals surface area contributed by atoms with Gasteiger partial charge in [-0.1, -0.05) is 59.6 Å². The first-order chi connectivity index (χ1) is 9.16. The summed E-state index contributed by atoms with van der Waals surface area (Å²) in [6, 6.07) is 15.4. The Hall–Kier alpha value is -1.29. The molecule has 98 valence electrons. The zero-order valence-corrected chi connectivity index (χ0v) is 12.3. The predicted octanol–water partition coefficient (Wildman–Crippen LogP) is 4.48. The molecular weight excluding hydrogens is 299 g/mol. The SMILES string of the molecule is S=C(NCc1ccccc1)Nc1cccc(Cl)c1Cl. The molecular formula is C14H12Cl2N2S. The van der Waals surface area contributed by atoms with Gasteiger partial charge in [-0.25, -0.2) is 0 Å². The highest BCUT2D eigenvalue weighted by molar-refractivity contribution is 7.80. The zero-order valence-electron chi connectivity index (χ0n) is 9.99. The summed E-state index contributed by atoms with van der Waals surface area (Å²) in [5, 5.41) is 7.61. The van der Waals surface area contributed by atoms with Crippen molar-refractivity contribution in [3.63, 3.8) is 0 Å². The van der Waals surface area contributed by atoms with Gasteiger partial charge in [-0.05, 0) is 29.9 Å². The maximum absolute atomic E-state index is 6.07. The molecule has 0 amide bonds. The van der Waals surface area contributed by atoms with Crippen LogP contribution in [0, 0.1) is 0 Å². The summed E-state index contributed by atoms with van der Waals surface area (Å²) < 4.78 is 0. The number of anilines is 1. The second kappa shape index (κ2) is 6.75. The molecule has 2 aromatic rings. The minimum atomic E-state index is 0.466. The van der Waals surface area contributed by atoms with Crippen molar-refractivity contribution in [2.24, 2.45) is 0 Å². The van der Waals surface area contributed by atoms with Crippen molar-refractivity contribution < 1.29 is 0 Å². The van der Waals surface area contributed by atoms with Gasteiger partial charge in [-0.3, -0.25) is 0 Å². The summed E-state index contributed by atoms with van der Waals surface area (Å²) in [6.07, 6.45) is 0. The van der Waals surface area contributed by atoms with E-state index in [1.54, 1.807) is 6.07 Å². The van der Waals surface area contributed by atoms with Crippen LogP contribution in [0.4, 0.5) is 5.69 Å². The molecule has 2 rings (SSSR count). The molecule has 0 unspecified atom stereocenters. The maximum Gasteiger partial charge on any atom is 0.171 e. The van der Waals surface area contributed by atoms with E-state index in [9.17, 15) is 0 Å². The van der Waals surface area contributed by atoms with Crippen molar-refractivity contribution in [3.8, 4) is 0 Å². The van der Waals surface area contributed by atoms with E-state index in [0.717, 1.165) is 5.56 Å². The number of hydrogen-bond acceptors (Lipinski definition) is 1. The number of hydrogen-bond donors (Lipinski definition) is 2. The molecule has 0 aliphatic heterocycles. The van der Waals surface area contributed by atoms with Gasteiger partial charge in [-0.2, -0.15) is 0 Å². The van der Waals surface area contributed by atoms with Crippen LogP contribution >= 0.6 is 35.4 Å². The van der Waals surface area contributed by atoms with Crippen molar-refractivity contribution in [2.45, 2.75) is 6.54 Å². The van der Waals surface area contributed by atoms with E-state index in [-0.39, 0.29) is 0 Å². The van der Waals surface area contributed by atoms with E-state index in [1.807, 2.05) is 42.5 Å². The Balaban J connectivity index is 1.93. The molecule has 0 spiro atoms. The highest BCUT2D eigenvalue weighted by atomic mass is 35.5. The molecule has 0 fully saturated rings. The van der Waals surface area contributed by atoms with Gasteiger partial charge in [0, 0.05) is 6.54 Å². The molecule has 5 heteroatoms. The highest BCUT2D eigenvalue weighted by Gasteiger charge is 2.05. The minimum Gasteiger partial charge on any atom is -0.358 e. The molecule has 2 aromatic carbocycles. The average molecular weight is 311 g/mol. The number of nitrogens with one attached hydrogen (secondary N) is 2. The summed E-state index contributed by atoms with van der Waals surface area (Å²) in [5.41, 5.74) is 1.85. The Morgan fingerprint density at radius 1 is 1.00 bits per heavy atom. The smallest absolute Gasteiger partial charge is 0.171 e. The van der Waals surface area contributed by atoms with E-state index in [0.29, 0.717) is 27.4 Å². The normalized spacial score (nSPS) is 10.0. The Kier molecular flexibility index (Phi) is 5.02. The third-order valence-electron chi connectivity index (χ3n) is 2.50. The molecule has 0 radical (unpaired) electrons. The van der Waals surface area contributed by atoms with Crippen LogP contribution in [-0.4, -0.2) is 5.11 Å². The molecule has 0 atom stereocenters. The molecule has 2 N–H and O–H groups in total. The lowest BCUT2D eigenvalue weighted by atomic mass is 10.2. The Bertz CT molecular complexity index is 573. The standard InChI is InChI=1S/C14H12Cl2N2S/c15-11-7-4-8-12(13(11)16)18-14(19)17-9-10-5-2-1-3-6-10/h1-8H,9H2,(H2,17,18,19). The van der Waals surface area contributed by atoms with Crippen molar-refractivity contribution >= 4 is 46.2 Å². The van der Waals surface area contributed by atoms with Gasteiger partial charge in [-0.15, -0.1) is 0 Å². The molecule has 0 saturated carbocycles. The van der Waals surface area contributed by atoms with Crippen molar-refractivity contribution in [1.29, 1.82) is 0 Å². The van der Waals surface area contributed by atoms with Crippen LogP contribution in [0.15, 0.2) is 48.5 Å².